The van der Waals surface area contributed by atoms with Crippen LogP contribution in [0.15, 0.2) is 42.5 Å². The zero-order chi connectivity index (χ0) is 14.7. The Labute approximate surface area is 119 Å². The van der Waals surface area contributed by atoms with Gasteiger partial charge in [-0.25, -0.2) is 4.79 Å². The van der Waals surface area contributed by atoms with Gasteiger partial charge in [-0.15, -0.1) is 0 Å². The summed E-state index contributed by atoms with van der Waals surface area (Å²) in [7, 11) is 0. The van der Waals surface area contributed by atoms with Gasteiger partial charge in [0.2, 0.25) is 0 Å². The topological polar surface area (TPSA) is 69.4 Å². The van der Waals surface area contributed by atoms with Crippen LogP contribution in [-0.4, -0.2) is 10.9 Å². The van der Waals surface area contributed by atoms with Crippen molar-refractivity contribution in [3.63, 3.8) is 0 Å². The molecule has 6 heteroatoms. The highest BCUT2D eigenvalue weighted by molar-refractivity contribution is 6.30. The van der Waals surface area contributed by atoms with E-state index in [1.807, 2.05) is 0 Å². The van der Waals surface area contributed by atoms with E-state index in [1.54, 1.807) is 25.1 Å². The van der Waals surface area contributed by atoms with Crippen LogP contribution in [0, 0.1) is 17.0 Å². The van der Waals surface area contributed by atoms with Crippen molar-refractivity contribution in [2.45, 2.75) is 6.92 Å². The van der Waals surface area contributed by atoms with Gasteiger partial charge in [-0.05, 0) is 36.8 Å². The largest absolute Gasteiger partial charge is 0.423 e. The summed E-state index contributed by atoms with van der Waals surface area (Å²) in [6, 6.07) is 10.2. The SMILES string of the molecule is Cc1ccc(Cl)cc1OC(=O)c1ccc([N+](=O)[O-])cc1. The van der Waals surface area contributed by atoms with Crippen LogP contribution < -0.4 is 4.74 Å². The first kappa shape index (κ1) is 14.0. The van der Waals surface area contributed by atoms with Crippen molar-refractivity contribution in [3.8, 4) is 5.75 Å². The lowest BCUT2D eigenvalue weighted by Crippen LogP contribution is -2.09. The highest BCUT2D eigenvalue weighted by Crippen LogP contribution is 2.23. The van der Waals surface area contributed by atoms with Crippen LogP contribution in [0.5, 0.6) is 5.75 Å². The molecule has 0 bridgehead atoms. The predicted octanol–water partition coefficient (Wildman–Crippen LogP) is 3.78. The second kappa shape index (κ2) is 5.71. The Bertz CT molecular complexity index is 667. The Kier molecular flexibility index (Phi) is 4.00. The molecule has 0 unspecified atom stereocenters. The summed E-state index contributed by atoms with van der Waals surface area (Å²) in [5.41, 5.74) is 0.917. The van der Waals surface area contributed by atoms with Crippen molar-refractivity contribution in [3.05, 3.63) is 68.7 Å². The molecule has 20 heavy (non-hydrogen) atoms. The molecular formula is C14H10ClNO4. The summed E-state index contributed by atoms with van der Waals surface area (Å²) in [5.74, 6) is -0.230. The van der Waals surface area contributed by atoms with Crippen molar-refractivity contribution in [1.29, 1.82) is 0 Å². The molecule has 0 saturated carbocycles. The number of carbonyl (C=O) groups is 1. The highest BCUT2D eigenvalue weighted by Gasteiger charge is 2.12. The molecule has 102 valence electrons. The molecule has 0 heterocycles. The second-order valence-electron chi connectivity index (χ2n) is 4.10. The van der Waals surface area contributed by atoms with Crippen molar-refractivity contribution < 1.29 is 14.5 Å². The lowest BCUT2D eigenvalue weighted by atomic mass is 10.2. The number of non-ortho nitro benzene ring substituents is 1. The van der Waals surface area contributed by atoms with Crippen LogP contribution in [0.4, 0.5) is 5.69 Å². The maximum absolute atomic E-state index is 11.9. The molecule has 5 nitrogen and oxygen atoms in total. The molecule has 0 saturated heterocycles. The van der Waals surface area contributed by atoms with E-state index in [0.29, 0.717) is 10.8 Å². The molecule has 2 aromatic rings. The molecule has 0 fully saturated rings. The van der Waals surface area contributed by atoms with Gasteiger partial charge in [-0.1, -0.05) is 17.7 Å². The lowest BCUT2D eigenvalue weighted by molar-refractivity contribution is -0.384. The normalized spacial score (nSPS) is 10.1. The molecule has 0 radical (unpaired) electrons. The number of nitro groups is 1. The van der Waals surface area contributed by atoms with E-state index < -0.39 is 10.9 Å². The smallest absolute Gasteiger partial charge is 0.343 e. The fourth-order valence-corrected chi connectivity index (χ4v) is 1.72. The fraction of sp³-hybridized carbons (Fsp3) is 0.0714. The van der Waals surface area contributed by atoms with Crippen LogP contribution in [0.25, 0.3) is 0 Å². The van der Waals surface area contributed by atoms with E-state index in [0.717, 1.165) is 5.56 Å². The third kappa shape index (κ3) is 3.13. The lowest BCUT2D eigenvalue weighted by Gasteiger charge is -2.07. The monoisotopic (exact) mass is 291 g/mol. The minimum atomic E-state index is -0.592. The van der Waals surface area contributed by atoms with Crippen molar-refractivity contribution in [2.75, 3.05) is 0 Å². The molecule has 0 spiro atoms. The molecule has 0 aromatic heterocycles. The minimum absolute atomic E-state index is 0.0829. The minimum Gasteiger partial charge on any atom is -0.423 e. The summed E-state index contributed by atoms with van der Waals surface area (Å²) in [5, 5.41) is 11.0. The number of carbonyl (C=O) groups excluding carboxylic acids is 1. The molecular weight excluding hydrogens is 282 g/mol. The van der Waals surface area contributed by atoms with Gasteiger partial charge in [-0.2, -0.15) is 0 Å². The third-order valence-electron chi connectivity index (χ3n) is 2.67. The number of nitro benzene ring substituents is 1. The molecule has 0 aliphatic heterocycles. The quantitative estimate of drug-likeness (QED) is 0.373. The Hall–Kier alpha value is -2.40. The van der Waals surface area contributed by atoms with Crippen LogP contribution >= 0.6 is 11.6 Å². The number of hydrogen-bond acceptors (Lipinski definition) is 4. The Morgan fingerprint density at radius 3 is 2.45 bits per heavy atom. The third-order valence-corrected chi connectivity index (χ3v) is 2.90. The van der Waals surface area contributed by atoms with Crippen LogP contribution in [0.1, 0.15) is 15.9 Å². The van der Waals surface area contributed by atoms with Gasteiger partial charge in [0, 0.05) is 17.2 Å². The summed E-state index contributed by atoms with van der Waals surface area (Å²) in [4.78, 5) is 21.9. The van der Waals surface area contributed by atoms with Crippen LogP contribution in [-0.2, 0) is 0 Å². The molecule has 0 amide bonds. The number of rotatable bonds is 3. The van der Waals surface area contributed by atoms with Gasteiger partial charge in [0.15, 0.2) is 0 Å². The highest BCUT2D eigenvalue weighted by atomic mass is 35.5. The number of halogens is 1. The van der Waals surface area contributed by atoms with E-state index in [9.17, 15) is 14.9 Å². The van der Waals surface area contributed by atoms with E-state index in [4.69, 9.17) is 16.3 Å². The van der Waals surface area contributed by atoms with Crippen molar-refractivity contribution in [1.82, 2.24) is 0 Å². The first-order chi connectivity index (χ1) is 9.47. The molecule has 0 aliphatic rings. The summed E-state index contributed by atoms with van der Waals surface area (Å²) in [6.07, 6.45) is 0. The zero-order valence-electron chi connectivity index (χ0n) is 10.5. The van der Waals surface area contributed by atoms with Gasteiger partial charge in [-0.3, -0.25) is 10.1 Å². The first-order valence-electron chi connectivity index (χ1n) is 5.70. The molecule has 0 N–H and O–H groups in total. The summed E-state index contributed by atoms with van der Waals surface area (Å²) >= 11 is 5.84. The van der Waals surface area contributed by atoms with Crippen molar-refractivity contribution in [2.24, 2.45) is 0 Å². The number of aryl methyl sites for hydroxylation is 1. The first-order valence-corrected chi connectivity index (χ1v) is 6.08. The number of hydrogen-bond donors (Lipinski definition) is 0. The van der Waals surface area contributed by atoms with E-state index in [-0.39, 0.29) is 11.3 Å². The van der Waals surface area contributed by atoms with E-state index >= 15 is 0 Å². The van der Waals surface area contributed by atoms with Gasteiger partial charge >= 0.3 is 5.97 Å². The van der Waals surface area contributed by atoms with E-state index in [2.05, 4.69) is 0 Å². The number of ether oxygens (including phenoxy) is 1. The van der Waals surface area contributed by atoms with Gasteiger partial charge in [0.1, 0.15) is 5.75 Å². The number of esters is 1. The zero-order valence-corrected chi connectivity index (χ0v) is 11.3. The molecule has 2 aromatic carbocycles. The average Bonchev–Trinajstić information content (AvgIpc) is 2.43. The number of benzene rings is 2. The van der Waals surface area contributed by atoms with Crippen molar-refractivity contribution >= 4 is 23.3 Å². The standard InChI is InChI=1S/C14H10ClNO4/c1-9-2-5-11(15)8-13(9)20-14(17)10-3-6-12(7-4-10)16(18)19/h2-8H,1H3. The second-order valence-corrected chi connectivity index (χ2v) is 4.54. The summed E-state index contributed by atoms with van der Waals surface area (Å²) < 4.78 is 5.22. The van der Waals surface area contributed by atoms with Crippen LogP contribution in [0.2, 0.25) is 5.02 Å². The molecule has 0 aliphatic carbocycles. The maximum atomic E-state index is 11.9. The number of nitrogens with zero attached hydrogens (tertiary/aromatic N) is 1. The fourth-order valence-electron chi connectivity index (χ4n) is 1.56. The molecule has 0 atom stereocenters. The van der Waals surface area contributed by atoms with Gasteiger partial charge < -0.3 is 4.74 Å². The summed E-state index contributed by atoms with van der Waals surface area (Å²) in [6.45, 7) is 1.79. The Balaban J connectivity index is 2.19. The van der Waals surface area contributed by atoms with E-state index in [1.165, 1.54) is 24.3 Å². The van der Waals surface area contributed by atoms with Gasteiger partial charge in [0.25, 0.3) is 5.69 Å². The Morgan fingerprint density at radius 1 is 1.20 bits per heavy atom. The molecule has 2 rings (SSSR count). The van der Waals surface area contributed by atoms with Crippen LogP contribution in [0.3, 0.4) is 0 Å². The maximum Gasteiger partial charge on any atom is 0.343 e. The van der Waals surface area contributed by atoms with Gasteiger partial charge in [0.05, 0.1) is 10.5 Å². The average molecular weight is 292 g/mol. The Morgan fingerprint density at radius 2 is 1.85 bits per heavy atom. The predicted molar refractivity (Wildman–Crippen MR) is 74.2 cm³/mol.